The molecule has 0 heterocycles. The van der Waals surface area contributed by atoms with Crippen LogP contribution < -0.4 is 5.73 Å². The first kappa shape index (κ1) is 14.7. The van der Waals surface area contributed by atoms with Crippen molar-refractivity contribution in [3.8, 4) is 0 Å². The predicted molar refractivity (Wildman–Crippen MR) is 73.1 cm³/mol. The minimum absolute atomic E-state index is 0.00857. The average Bonchev–Trinajstić information content (AvgIpc) is 2.32. The summed E-state index contributed by atoms with van der Waals surface area (Å²) in [4.78, 5) is -0.181. The molecular formula is C13H10ClF2NO2S. The lowest BCUT2D eigenvalue weighted by Gasteiger charge is -2.09. The molecule has 7 heteroatoms. The van der Waals surface area contributed by atoms with E-state index in [1.807, 2.05) is 0 Å². The highest BCUT2D eigenvalue weighted by Crippen LogP contribution is 2.26. The molecule has 0 amide bonds. The molecule has 0 aliphatic heterocycles. The Balaban J connectivity index is 2.41. The number of hydrogen-bond acceptors (Lipinski definition) is 3. The van der Waals surface area contributed by atoms with Crippen LogP contribution in [0.15, 0.2) is 41.3 Å². The lowest BCUT2D eigenvalue weighted by molar-refractivity contribution is 0.594. The monoisotopic (exact) mass is 317 g/mol. The van der Waals surface area contributed by atoms with Crippen molar-refractivity contribution >= 4 is 27.1 Å². The van der Waals surface area contributed by atoms with E-state index < -0.39 is 27.2 Å². The Morgan fingerprint density at radius 3 is 2.25 bits per heavy atom. The van der Waals surface area contributed by atoms with Gasteiger partial charge >= 0.3 is 0 Å². The summed E-state index contributed by atoms with van der Waals surface area (Å²) in [5.41, 5.74) is 5.58. The minimum atomic E-state index is -3.79. The highest BCUT2D eigenvalue weighted by atomic mass is 35.5. The molecule has 0 aliphatic rings. The second kappa shape index (κ2) is 5.38. The van der Waals surface area contributed by atoms with E-state index in [1.165, 1.54) is 6.07 Å². The third-order valence-corrected chi connectivity index (χ3v) is 4.75. The molecule has 0 saturated heterocycles. The molecule has 2 N–H and O–H groups in total. The van der Waals surface area contributed by atoms with Gasteiger partial charge in [0.2, 0.25) is 0 Å². The number of nitrogen functional groups attached to an aromatic ring is 1. The first-order valence-corrected chi connectivity index (χ1v) is 7.54. The summed E-state index contributed by atoms with van der Waals surface area (Å²) in [5.74, 6) is -1.62. The van der Waals surface area contributed by atoms with Gasteiger partial charge in [-0.3, -0.25) is 0 Å². The predicted octanol–water partition coefficient (Wildman–Crippen LogP) is 3.17. The largest absolute Gasteiger partial charge is 0.398 e. The van der Waals surface area contributed by atoms with Gasteiger partial charge in [-0.05, 0) is 35.9 Å². The smallest absolute Gasteiger partial charge is 0.184 e. The molecule has 20 heavy (non-hydrogen) atoms. The highest BCUT2D eigenvalue weighted by molar-refractivity contribution is 7.90. The van der Waals surface area contributed by atoms with E-state index in [0.717, 1.165) is 30.3 Å². The van der Waals surface area contributed by atoms with Crippen LogP contribution in [0.4, 0.5) is 14.5 Å². The van der Waals surface area contributed by atoms with Crippen LogP contribution in [0.3, 0.4) is 0 Å². The van der Waals surface area contributed by atoms with Gasteiger partial charge in [-0.15, -0.1) is 0 Å². The third-order valence-electron chi connectivity index (χ3n) is 2.67. The molecule has 2 aromatic carbocycles. The number of sulfone groups is 1. The molecule has 0 atom stereocenters. The fraction of sp³-hybridized carbons (Fsp3) is 0.0769. The van der Waals surface area contributed by atoms with Crippen LogP contribution in [0.25, 0.3) is 0 Å². The Morgan fingerprint density at radius 2 is 1.65 bits per heavy atom. The Bertz CT molecular complexity index is 763. The van der Waals surface area contributed by atoms with Gasteiger partial charge in [0, 0.05) is 5.02 Å². The van der Waals surface area contributed by atoms with E-state index in [4.69, 9.17) is 17.3 Å². The van der Waals surface area contributed by atoms with Crippen LogP contribution in [0.1, 0.15) is 5.56 Å². The van der Waals surface area contributed by atoms with Gasteiger partial charge in [0.05, 0.1) is 16.3 Å². The van der Waals surface area contributed by atoms with Crippen molar-refractivity contribution < 1.29 is 17.2 Å². The summed E-state index contributed by atoms with van der Waals surface area (Å²) >= 11 is 5.79. The van der Waals surface area contributed by atoms with Crippen LogP contribution in [0.5, 0.6) is 0 Å². The van der Waals surface area contributed by atoms with Crippen LogP contribution in [0, 0.1) is 11.6 Å². The highest BCUT2D eigenvalue weighted by Gasteiger charge is 2.20. The van der Waals surface area contributed by atoms with E-state index in [-0.39, 0.29) is 21.2 Å². The zero-order valence-corrected chi connectivity index (χ0v) is 11.7. The van der Waals surface area contributed by atoms with Crippen molar-refractivity contribution in [3.63, 3.8) is 0 Å². The fourth-order valence-electron chi connectivity index (χ4n) is 1.72. The van der Waals surface area contributed by atoms with Crippen molar-refractivity contribution in [2.24, 2.45) is 0 Å². The summed E-state index contributed by atoms with van der Waals surface area (Å²) in [6.45, 7) is 0. The Labute approximate surface area is 119 Å². The molecule has 3 nitrogen and oxygen atoms in total. The van der Waals surface area contributed by atoms with E-state index in [9.17, 15) is 17.2 Å². The van der Waals surface area contributed by atoms with Gasteiger partial charge in [0.25, 0.3) is 0 Å². The molecule has 0 aliphatic carbocycles. The molecule has 2 aromatic rings. The number of benzene rings is 2. The van der Waals surface area contributed by atoms with Crippen molar-refractivity contribution in [3.05, 3.63) is 58.6 Å². The lowest BCUT2D eigenvalue weighted by Crippen LogP contribution is -2.08. The number of hydrogen-bond donors (Lipinski definition) is 1. The van der Waals surface area contributed by atoms with Crippen molar-refractivity contribution in [1.29, 1.82) is 0 Å². The molecule has 0 saturated carbocycles. The fourth-order valence-corrected chi connectivity index (χ4v) is 3.55. The standard InChI is InChI=1S/C13H10ClF2NO2S/c14-11-5-9(15)2-1-8(11)7-20(18,19)13-4-3-10(16)6-12(13)17/h1-6H,7,17H2. The zero-order valence-electron chi connectivity index (χ0n) is 10.1. The van der Waals surface area contributed by atoms with Gasteiger partial charge in [0.15, 0.2) is 9.84 Å². The van der Waals surface area contributed by atoms with E-state index in [0.29, 0.717) is 0 Å². The summed E-state index contributed by atoms with van der Waals surface area (Å²) in [6, 6.07) is 6.46. The first-order valence-electron chi connectivity index (χ1n) is 5.51. The summed E-state index contributed by atoms with van der Waals surface area (Å²) < 4.78 is 50.3. The summed E-state index contributed by atoms with van der Waals surface area (Å²) in [5, 5.41) is 0.00857. The molecule has 0 fully saturated rings. The molecule has 2 rings (SSSR count). The SMILES string of the molecule is Nc1cc(F)ccc1S(=O)(=O)Cc1ccc(F)cc1Cl. The normalized spacial score (nSPS) is 11.6. The second-order valence-corrected chi connectivity index (χ2v) is 6.54. The molecule has 0 radical (unpaired) electrons. The molecule has 0 unspecified atom stereocenters. The maximum atomic E-state index is 12.9. The molecule has 0 spiro atoms. The molecular weight excluding hydrogens is 308 g/mol. The Kier molecular flexibility index (Phi) is 3.96. The summed E-state index contributed by atoms with van der Waals surface area (Å²) in [6.07, 6.45) is 0. The number of halogens is 3. The van der Waals surface area contributed by atoms with E-state index >= 15 is 0 Å². The van der Waals surface area contributed by atoms with Crippen molar-refractivity contribution in [2.45, 2.75) is 10.6 Å². The number of anilines is 1. The maximum absolute atomic E-state index is 12.9. The van der Waals surface area contributed by atoms with Gasteiger partial charge in [-0.2, -0.15) is 0 Å². The van der Waals surface area contributed by atoms with E-state index in [1.54, 1.807) is 0 Å². The first-order chi connectivity index (χ1) is 9.29. The van der Waals surface area contributed by atoms with Crippen LogP contribution >= 0.6 is 11.6 Å². The second-order valence-electron chi connectivity index (χ2n) is 4.18. The molecule has 0 aromatic heterocycles. The zero-order chi connectivity index (χ0) is 14.9. The van der Waals surface area contributed by atoms with Gasteiger partial charge < -0.3 is 5.73 Å². The Morgan fingerprint density at radius 1 is 1.05 bits per heavy atom. The minimum Gasteiger partial charge on any atom is -0.398 e. The van der Waals surface area contributed by atoms with Crippen molar-refractivity contribution in [1.82, 2.24) is 0 Å². The topological polar surface area (TPSA) is 60.2 Å². The van der Waals surface area contributed by atoms with Gasteiger partial charge in [-0.1, -0.05) is 17.7 Å². The maximum Gasteiger partial charge on any atom is 0.184 e. The molecule has 106 valence electrons. The Hall–Kier alpha value is -1.66. The van der Waals surface area contributed by atoms with Crippen LogP contribution in [0.2, 0.25) is 5.02 Å². The number of nitrogens with two attached hydrogens (primary N) is 1. The van der Waals surface area contributed by atoms with Gasteiger partial charge in [0.1, 0.15) is 11.6 Å². The van der Waals surface area contributed by atoms with Crippen LogP contribution in [-0.4, -0.2) is 8.42 Å². The number of rotatable bonds is 3. The summed E-state index contributed by atoms with van der Waals surface area (Å²) in [7, 11) is -3.79. The average molecular weight is 318 g/mol. The third kappa shape index (κ3) is 3.08. The lowest BCUT2D eigenvalue weighted by atomic mass is 10.2. The van der Waals surface area contributed by atoms with E-state index in [2.05, 4.69) is 0 Å². The van der Waals surface area contributed by atoms with Crippen molar-refractivity contribution in [2.75, 3.05) is 5.73 Å². The quantitative estimate of drug-likeness (QED) is 0.698. The molecule has 0 bridgehead atoms. The van der Waals surface area contributed by atoms with Crippen LogP contribution in [-0.2, 0) is 15.6 Å². The van der Waals surface area contributed by atoms with Gasteiger partial charge in [-0.25, -0.2) is 17.2 Å².